The molecule has 0 saturated heterocycles. The highest BCUT2D eigenvalue weighted by Gasteiger charge is 2.29. The van der Waals surface area contributed by atoms with Crippen LogP contribution in [0.1, 0.15) is 46.6 Å². The smallest absolute Gasteiger partial charge is 0.348 e. The van der Waals surface area contributed by atoms with E-state index in [1.807, 2.05) is 43.3 Å². The Bertz CT molecular complexity index is 1310. The minimum absolute atomic E-state index is 0.146. The van der Waals surface area contributed by atoms with Gasteiger partial charge in [0.2, 0.25) is 0 Å². The second kappa shape index (κ2) is 10.6. The van der Waals surface area contributed by atoms with Crippen LogP contribution in [-0.4, -0.2) is 16.2 Å². The molecule has 182 valence electrons. The van der Waals surface area contributed by atoms with Crippen LogP contribution in [0.2, 0.25) is 0 Å². The van der Waals surface area contributed by atoms with Crippen LogP contribution in [0.5, 0.6) is 0 Å². The number of aryl methyl sites for hydroxylation is 1. The summed E-state index contributed by atoms with van der Waals surface area (Å²) >= 11 is 1.78. The Labute approximate surface area is 207 Å². The number of halogens is 3. The van der Waals surface area contributed by atoms with Crippen LogP contribution < -0.4 is 5.32 Å². The Kier molecular flexibility index (Phi) is 7.55. The van der Waals surface area contributed by atoms with E-state index in [0.29, 0.717) is 18.5 Å². The Morgan fingerprint density at radius 3 is 2.23 bits per heavy atom. The van der Waals surface area contributed by atoms with Gasteiger partial charge in [-0.25, -0.2) is 0 Å². The molecule has 4 rings (SSSR count). The molecule has 35 heavy (non-hydrogen) atoms. The number of benzene rings is 3. The molecule has 1 aromatic heterocycles. The zero-order chi connectivity index (χ0) is 25.0. The lowest BCUT2D eigenvalue weighted by Gasteiger charge is -2.10. The first kappa shape index (κ1) is 24.9. The van der Waals surface area contributed by atoms with Gasteiger partial charge in [-0.05, 0) is 72.3 Å². The third-order valence-corrected chi connectivity index (χ3v) is 6.81. The van der Waals surface area contributed by atoms with E-state index in [-0.39, 0.29) is 5.91 Å². The molecule has 0 saturated carbocycles. The van der Waals surface area contributed by atoms with Crippen molar-refractivity contribution in [3.05, 3.63) is 101 Å². The minimum Gasteiger partial charge on any atom is -0.348 e. The van der Waals surface area contributed by atoms with Gasteiger partial charge in [0.1, 0.15) is 0 Å². The summed E-state index contributed by atoms with van der Waals surface area (Å²) < 4.78 is 40.7. The van der Waals surface area contributed by atoms with Gasteiger partial charge >= 0.3 is 6.18 Å². The highest BCUT2D eigenvalue weighted by molar-refractivity contribution is 7.99. The lowest BCUT2D eigenvalue weighted by Crippen LogP contribution is -2.22. The van der Waals surface area contributed by atoms with E-state index < -0.39 is 11.7 Å². The van der Waals surface area contributed by atoms with Crippen molar-refractivity contribution in [3.8, 4) is 0 Å². The predicted molar refractivity (Wildman–Crippen MR) is 136 cm³/mol. The summed E-state index contributed by atoms with van der Waals surface area (Å²) in [6, 6.07) is 21.1. The van der Waals surface area contributed by atoms with Crippen molar-refractivity contribution < 1.29 is 18.0 Å². The number of alkyl halides is 3. The van der Waals surface area contributed by atoms with Crippen LogP contribution in [-0.2, 0) is 25.7 Å². The maximum atomic E-state index is 12.9. The van der Waals surface area contributed by atoms with E-state index in [0.717, 1.165) is 52.2 Å². The van der Waals surface area contributed by atoms with Crippen molar-refractivity contribution in [2.75, 3.05) is 5.75 Å². The molecule has 0 unspecified atom stereocenters. The fourth-order valence-corrected chi connectivity index (χ4v) is 4.83. The summed E-state index contributed by atoms with van der Waals surface area (Å²) in [5.41, 5.74) is 3.75. The van der Waals surface area contributed by atoms with Gasteiger partial charge in [-0.15, -0.1) is 11.8 Å². The van der Waals surface area contributed by atoms with Crippen molar-refractivity contribution in [1.82, 2.24) is 9.88 Å². The first-order valence-corrected chi connectivity index (χ1v) is 12.5. The number of carbonyl (C=O) groups excluding carboxylic acids is 1. The van der Waals surface area contributed by atoms with Gasteiger partial charge < -0.3 is 9.88 Å². The van der Waals surface area contributed by atoms with E-state index in [1.165, 1.54) is 17.0 Å². The molecule has 1 amide bonds. The number of fused-ring (bicyclic) bond motifs is 1. The topological polar surface area (TPSA) is 34.0 Å². The number of carbonyl (C=O) groups is 1. The van der Waals surface area contributed by atoms with E-state index in [4.69, 9.17) is 0 Å². The van der Waals surface area contributed by atoms with Gasteiger partial charge in [-0.3, -0.25) is 4.79 Å². The van der Waals surface area contributed by atoms with Gasteiger partial charge in [0.25, 0.3) is 5.91 Å². The average Bonchev–Trinajstić information content (AvgIpc) is 3.19. The molecule has 0 bridgehead atoms. The van der Waals surface area contributed by atoms with Crippen LogP contribution >= 0.6 is 11.8 Å². The van der Waals surface area contributed by atoms with Crippen LogP contribution in [0.4, 0.5) is 13.2 Å². The quantitative estimate of drug-likeness (QED) is 0.260. The number of nitrogens with one attached hydrogen (secondary N) is 1. The molecule has 0 fully saturated rings. The summed E-state index contributed by atoms with van der Waals surface area (Å²) in [5.74, 6) is 0.872. The molecule has 0 radical (unpaired) electrons. The zero-order valence-corrected chi connectivity index (χ0v) is 20.5. The molecule has 1 N–H and O–H groups in total. The van der Waals surface area contributed by atoms with Crippen molar-refractivity contribution in [2.45, 2.75) is 44.4 Å². The molecule has 3 aromatic carbocycles. The number of hydrogen-bond acceptors (Lipinski definition) is 2. The minimum atomic E-state index is -4.34. The third-order valence-electron chi connectivity index (χ3n) is 5.92. The Morgan fingerprint density at radius 2 is 1.60 bits per heavy atom. The summed E-state index contributed by atoms with van der Waals surface area (Å²) in [7, 11) is 0. The van der Waals surface area contributed by atoms with Gasteiger partial charge in [0, 0.05) is 46.6 Å². The first-order valence-electron chi connectivity index (χ1n) is 11.6. The molecule has 0 aliphatic carbocycles. The summed E-state index contributed by atoms with van der Waals surface area (Å²) in [6.07, 6.45) is -3.83. The van der Waals surface area contributed by atoms with Crippen molar-refractivity contribution in [2.24, 2.45) is 0 Å². The highest BCUT2D eigenvalue weighted by Crippen LogP contribution is 2.30. The first-order chi connectivity index (χ1) is 16.8. The Balaban J connectivity index is 1.49. The Hall–Kier alpha value is -3.19. The van der Waals surface area contributed by atoms with Crippen LogP contribution in [0.25, 0.3) is 10.9 Å². The lowest BCUT2D eigenvalue weighted by atomic mass is 10.1. The summed E-state index contributed by atoms with van der Waals surface area (Å²) in [4.78, 5) is 14.0. The van der Waals surface area contributed by atoms with E-state index in [1.54, 1.807) is 11.8 Å². The predicted octanol–water partition coefficient (Wildman–Crippen LogP) is 7.31. The maximum Gasteiger partial charge on any atom is 0.416 e. The average molecular weight is 497 g/mol. The standard InChI is InChI=1S/C28H27F3N2OS/c1-3-33-24(15-19-5-10-23(11-6-19)28(29,30)31)17-22-16-21(9-14-26(22)33)27(34)32-18-20-7-12-25(13-8-20)35-4-2/h5-14,16-17H,3-4,15,18H2,1-2H3,(H,32,34). The molecular formula is C28H27F3N2OS. The SMILES string of the molecule is CCSc1ccc(CNC(=O)c2ccc3c(c2)cc(Cc2ccc(C(F)(F)F)cc2)n3CC)cc1. The van der Waals surface area contributed by atoms with Crippen molar-refractivity contribution >= 4 is 28.6 Å². The lowest BCUT2D eigenvalue weighted by molar-refractivity contribution is -0.137. The molecule has 0 atom stereocenters. The summed E-state index contributed by atoms with van der Waals surface area (Å²) in [5, 5.41) is 3.91. The normalized spacial score (nSPS) is 11.7. The van der Waals surface area contributed by atoms with Crippen LogP contribution in [0.3, 0.4) is 0 Å². The monoisotopic (exact) mass is 496 g/mol. The fourth-order valence-electron chi connectivity index (χ4n) is 4.16. The molecule has 3 nitrogen and oxygen atoms in total. The second-order valence-corrected chi connectivity index (χ2v) is 9.62. The van der Waals surface area contributed by atoms with Crippen LogP contribution in [0, 0.1) is 0 Å². The van der Waals surface area contributed by atoms with E-state index in [2.05, 4.69) is 28.9 Å². The molecule has 0 spiro atoms. The van der Waals surface area contributed by atoms with E-state index >= 15 is 0 Å². The number of aromatic nitrogens is 1. The van der Waals surface area contributed by atoms with Gasteiger partial charge in [0.05, 0.1) is 5.56 Å². The van der Waals surface area contributed by atoms with Gasteiger partial charge in [-0.1, -0.05) is 31.2 Å². The van der Waals surface area contributed by atoms with Crippen molar-refractivity contribution in [1.29, 1.82) is 0 Å². The number of amides is 1. The molecule has 1 heterocycles. The van der Waals surface area contributed by atoms with Crippen LogP contribution in [0.15, 0.2) is 77.7 Å². The largest absolute Gasteiger partial charge is 0.416 e. The molecular weight excluding hydrogens is 469 g/mol. The number of nitrogens with zero attached hydrogens (tertiary/aromatic N) is 1. The van der Waals surface area contributed by atoms with E-state index in [9.17, 15) is 18.0 Å². The Morgan fingerprint density at radius 1 is 0.914 bits per heavy atom. The molecule has 4 aromatic rings. The molecule has 7 heteroatoms. The maximum absolute atomic E-state index is 12.9. The fraction of sp³-hybridized carbons (Fsp3) is 0.250. The highest BCUT2D eigenvalue weighted by atomic mass is 32.2. The number of rotatable bonds is 8. The molecule has 0 aliphatic heterocycles. The van der Waals surface area contributed by atoms with Gasteiger partial charge in [-0.2, -0.15) is 13.2 Å². The zero-order valence-electron chi connectivity index (χ0n) is 19.7. The summed E-state index contributed by atoms with van der Waals surface area (Å²) in [6.45, 7) is 5.31. The number of hydrogen-bond donors (Lipinski definition) is 1. The second-order valence-electron chi connectivity index (χ2n) is 8.28. The van der Waals surface area contributed by atoms with Gasteiger partial charge in [0.15, 0.2) is 0 Å². The van der Waals surface area contributed by atoms with Crippen molar-refractivity contribution in [3.63, 3.8) is 0 Å². The third kappa shape index (κ3) is 5.90. The number of thioether (sulfide) groups is 1. The molecule has 0 aliphatic rings.